The van der Waals surface area contributed by atoms with E-state index in [2.05, 4.69) is 10.1 Å². The van der Waals surface area contributed by atoms with Gasteiger partial charge >= 0.3 is 0 Å². The number of amidine groups is 1. The monoisotopic (exact) mass is 257 g/mol. The molecule has 0 aliphatic rings. The number of nitrogens with two attached hydrogens (primary N) is 1. The second-order valence-electron chi connectivity index (χ2n) is 3.97. The smallest absolute Gasteiger partial charge is 0.189 e. The van der Waals surface area contributed by atoms with Gasteiger partial charge in [-0.15, -0.1) is 0 Å². The summed E-state index contributed by atoms with van der Waals surface area (Å²) in [4.78, 5) is 4.08. The molecule has 0 radical (unpaired) electrons. The van der Waals surface area contributed by atoms with E-state index in [9.17, 15) is 0 Å². The van der Waals surface area contributed by atoms with Gasteiger partial charge < -0.3 is 15.7 Å². The Morgan fingerprint density at radius 1 is 1.16 bits per heavy atom. The molecule has 0 aliphatic heterocycles. The Morgan fingerprint density at radius 2 is 1.95 bits per heavy atom. The van der Waals surface area contributed by atoms with E-state index < -0.39 is 0 Å². The van der Waals surface area contributed by atoms with E-state index >= 15 is 0 Å². The fourth-order valence-corrected chi connectivity index (χ4v) is 1.69. The van der Waals surface area contributed by atoms with Crippen molar-refractivity contribution in [1.82, 2.24) is 4.98 Å². The molecule has 0 saturated carbocycles. The Kier molecular flexibility index (Phi) is 4.47. The van der Waals surface area contributed by atoms with E-state index in [1.165, 1.54) is 0 Å². The summed E-state index contributed by atoms with van der Waals surface area (Å²) >= 11 is 0. The number of benzene rings is 1. The highest BCUT2D eigenvalue weighted by molar-refractivity contribution is 5.96. The van der Waals surface area contributed by atoms with Crippen LogP contribution in [0.15, 0.2) is 53.8 Å². The van der Waals surface area contributed by atoms with E-state index in [-0.39, 0.29) is 5.84 Å². The van der Waals surface area contributed by atoms with E-state index in [0.29, 0.717) is 18.9 Å². The topological polar surface area (TPSA) is 80.7 Å². The first-order valence-corrected chi connectivity index (χ1v) is 5.84. The Labute approximate surface area is 111 Å². The van der Waals surface area contributed by atoms with Gasteiger partial charge in [0.2, 0.25) is 0 Å². The molecule has 0 bridgehead atoms. The molecule has 0 unspecified atom stereocenters. The second kappa shape index (κ2) is 6.51. The van der Waals surface area contributed by atoms with Crippen molar-refractivity contribution in [2.45, 2.75) is 13.2 Å². The normalized spacial score (nSPS) is 11.5. The number of pyridine rings is 1. The molecule has 1 aromatic carbocycles. The molecule has 0 aliphatic carbocycles. The summed E-state index contributed by atoms with van der Waals surface area (Å²) in [6.07, 6.45) is 1.59. The predicted molar refractivity (Wildman–Crippen MR) is 71.7 cm³/mol. The van der Waals surface area contributed by atoms with E-state index in [4.69, 9.17) is 15.7 Å². The van der Waals surface area contributed by atoms with Crippen molar-refractivity contribution in [3.8, 4) is 0 Å². The van der Waals surface area contributed by atoms with Crippen LogP contribution in [-0.4, -0.2) is 16.0 Å². The number of oxime groups is 1. The lowest BCUT2D eigenvalue weighted by Gasteiger charge is -2.08. The molecule has 0 fully saturated rings. The highest BCUT2D eigenvalue weighted by Crippen LogP contribution is 2.09. The third-order valence-corrected chi connectivity index (χ3v) is 2.61. The third-order valence-electron chi connectivity index (χ3n) is 2.61. The van der Waals surface area contributed by atoms with E-state index in [1.54, 1.807) is 12.3 Å². The summed E-state index contributed by atoms with van der Waals surface area (Å²) in [5.74, 6) is -0.0149. The van der Waals surface area contributed by atoms with Crippen LogP contribution in [0, 0.1) is 0 Å². The van der Waals surface area contributed by atoms with Crippen LogP contribution in [0.25, 0.3) is 0 Å². The number of aromatic nitrogens is 1. The third kappa shape index (κ3) is 3.53. The average molecular weight is 257 g/mol. The van der Waals surface area contributed by atoms with Crippen LogP contribution >= 0.6 is 0 Å². The molecule has 2 rings (SSSR count). The van der Waals surface area contributed by atoms with Crippen LogP contribution < -0.4 is 5.73 Å². The van der Waals surface area contributed by atoms with Crippen molar-refractivity contribution in [3.63, 3.8) is 0 Å². The van der Waals surface area contributed by atoms with Crippen LogP contribution in [0.1, 0.15) is 16.8 Å². The molecular weight excluding hydrogens is 242 g/mol. The van der Waals surface area contributed by atoms with Crippen molar-refractivity contribution < 1.29 is 9.94 Å². The first-order valence-electron chi connectivity index (χ1n) is 5.84. The lowest BCUT2D eigenvalue weighted by Crippen LogP contribution is -2.17. The van der Waals surface area contributed by atoms with Gasteiger partial charge in [-0.3, -0.25) is 4.98 Å². The zero-order chi connectivity index (χ0) is 13.5. The minimum absolute atomic E-state index is 0.0149. The molecule has 5 heteroatoms. The SMILES string of the molecule is NC(=NO)c1ncccc1COCc1ccccc1. The summed E-state index contributed by atoms with van der Waals surface area (Å²) < 4.78 is 5.61. The highest BCUT2D eigenvalue weighted by Gasteiger charge is 2.08. The quantitative estimate of drug-likeness (QED) is 0.371. The largest absolute Gasteiger partial charge is 0.409 e. The molecule has 1 aromatic heterocycles. The zero-order valence-corrected chi connectivity index (χ0v) is 10.4. The van der Waals surface area contributed by atoms with Crippen molar-refractivity contribution in [2.24, 2.45) is 10.9 Å². The molecule has 0 spiro atoms. The summed E-state index contributed by atoms with van der Waals surface area (Å²) in [5.41, 5.74) is 7.88. The minimum Gasteiger partial charge on any atom is -0.409 e. The number of nitrogens with zero attached hydrogens (tertiary/aromatic N) is 2. The minimum atomic E-state index is -0.0149. The number of ether oxygens (including phenoxy) is 1. The van der Waals surface area contributed by atoms with Gasteiger partial charge in [-0.2, -0.15) is 0 Å². The van der Waals surface area contributed by atoms with Crippen molar-refractivity contribution in [3.05, 3.63) is 65.5 Å². The van der Waals surface area contributed by atoms with Gasteiger partial charge in [-0.1, -0.05) is 41.6 Å². The maximum absolute atomic E-state index is 8.70. The van der Waals surface area contributed by atoms with Gasteiger partial charge in [0, 0.05) is 11.8 Å². The van der Waals surface area contributed by atoms with Crippen LogP contribution in [0.4, 0.5) is 0 Å². The molecule has 0 amide bonds. The number of hydrogen-bond donors (Lipinski definition) is 2. The Bertz CT molecular complexity index is 556. The van der Waals surface area contributed by atoms with E-state index in [1.807, 2.05) is 36.4 Å². The van der Waals surface area contributed by atoms with E-state index in [0.717, 1.165) is 11.1 Å². The Hall–Kier alpha value is -2.40. The van der Waals surface area contributed by atoms with Gasteiger partial charge in [0.05, 0.1) is 13.2 Å². The number of rotatable bonds is 5. The van der Waals surface area contributed by atoms with Gasteiger partial charge in [0.25, 0.3) is 0 Å². The van der Waals surface area contributed by atoms with Gasteiger partial charge in [-0.25, -0.2) is 0 Å². The van der Waals surface area contributed by atoms with Crippen molar-refractivity contribution in [1.29, 1.82) is 0 Å². The van der Waals surface area contributed by atoms with Crippen LogP contribution in [0.2, 0.25) is 0 Å². The average Bonchev–Trinajstić information content (AvgIpc) is 2.48. The van der Waals surface area contributed by atoms with Crippen LogP contribution in [0.3, 0.4) is 0 Å². The highest BCUT2D eigenvalue weighted by atomic mass is 16.5. The summed E-state index contributed by atoms with van der Waals surface area (Å²) in [7, 11) is 0. The summed E-state index contributed by atoms with van der Waals surface area (Å²) in [6.45, 7) is 0.861. The lowest BCUT2D eigenvalue weighted by molar-refractivity contribution is 0.107. The lowest BCUT2D eigenvalue weighted by atomic mass is 10.2. The Morgan fingerprint density at radius 3 is 2.68 bits per heavy atom. The Balaban J connectivity index is 2.00. The van der Waals surface area contributed by atoms with Gasteiger partial charge in [0.1, 0.15) is 5.69 Å². The first-order chi connectivity index (χ1) is 9.31. The summed E-state index contributed by atoms with van der Waals surface area (Å²) in [6, 6.07) is 13.5. The first kappa shape index (κ1) is 13.0. The molecule has 0 atom stereocenters. The van der Waals surface area contributed by atoms with Crippen molar-refractivity contribution in [2.75, 3.05) is 0 Å². The summed E-state index contributed by atoms with van der Waals surface area (Å²) in [5, 5.41) is 11.7. The molecule has 2 aromatic rings. The fraction of sp³-hybridized carbons (Fsp3) is 0.143. The number of hydrogen-bond acceptors (Lipinski definition) is 4. The molecule has 3 N–H and O–H groups in total. The fourth-order valence-electron chi connectivity index (χ4n) is 1.69. The zero-order valence-electron chi connectivity index (χ0n) is 10.4. The molecular formula is C14H15N3O2. The maximum atomic E-state index is 8.70. The maximum Gasteiger partial charge on any atom is 0.189 e. The van der Waals surface area contributed by atoms with Gasteiger partial charge in [-0.05, 0) is 11.6 Å². The molecule has 19 heavy (non-hydrogen) atoms. The second-order valence-corrected chi connectivity index (χ2v) is 3.97. The van der Waals surface area contributed by atoms with Gasteiger partial charge in [0.15, 0.2) is 5.84 Å². The molecule has 0 saturated heterocycles. The molecule has 98 valence electrons. The van der Waals surface area contributed by atoms with Crippen molar-refractivity contribution >= 4 is 5.84 Å². The molecule has 5 nitrogen and oxygen atoms in total. The predicted octanol–water partition coefficient (Wildman–Crippen LogP) is 1.89. The van der Waals surface area contributed by atoms with Crippen LogP contribution in [0.5, 0.6) is 0 Å². The standard InChI is InChI=1S/C14H15N3O2/c15-14(17-18)13-12(7-4-8-16-13)10-19-9-11-5-2-1-3-6-11/h1-8,18H,9-10H2,(H2,15,17). The molecule has 1 heterocycles. The van der Waals surface area contributed by atoms with Crippen LogP contribution in [-0.2, 0) is 18.0 Å².